The Hall–Kier alpha value is -2.65. The molecule has 23 heavy (non-hydrogen) atoms. The molecule has 0 saturated heterocycles. The van der Waals surface area contributed by atoms with Crippen molar-refractivity contribution >= 4 is 33.3 Å². The standard InChI is InChI=1S/C19H13ClN2O/c1-12-21-18-11-15(20)7-9-17(18)19(23)22(12)16-8-6-13-4-2-3-5-14(13)10-16/h2-11H,1H3. The maximum atomic E-state index is 12.9. The van der Waals surface area contributed by atoms with Crippen molar-refractivity contribution in [2.75, 3.05) is 0 Å². The molecule has 4 aromatic rings. The van der Waals surface area contributed by atoms with Gasteiger partial charge < -0.3 is 0 Å². The van der Waals surface area contributed by atoms with Crippen LogP contribution in [0.15, 0.2) is 65.5 Å². The van der Waals surface area contributed by atoms with Crippen LogP contribution in [0.4, 0.5) is 0 Å². The fourth-order valence-electron chi connectivity index (χ4n) is 2.89. The smallest absolute Gasteiger partial charge is 0.265 e. The predicted octanol–water partition coefficient (Wildman–Crippen LogP) is 4.50. The Labute approximate surface area is 137 Å². The minimum atomic E-state index is -0.0838. The van der Waals surface area contributed by atoms with Gasteiger partial charge in [-0.05, 0) is 48.0 Å². The second-order valence-corrected chi connectivity index (χ2v) is 5.93. The first-order valence-electron chi connectivity index (χ1n) is 7.31. The van der Waals surface area contributed by atoms with Gasteiger partial charge in [0, 0.05) is 5.02 Å². The van der Waals surface area contributed by atoms with Crippen molar-refractivity contribution in [2.24, 2.45) is 0 Å². The van der Waals surface area contributed by atoms with Gasteiger partial charge in [0.15, 0.2) is 0 Å². The van der Waals surface area contributed by atoms with Crippen molar-refractivity contribution in [1.82, 2.24) is 9.55 Å². The molecule has 0 aliphatic rings. The van der Waals surface area contributed by atoms with E-state index in [-0.39, 0.29) is 5.56 Å². The Balaban J connectivity index is 2.03. The highest BCUT2D eigenvalue weighted by atomic mass is 35.5. The Morgan fingerprint density at radius 3 is 2.57 bits per heavy atom. The monoisotopic (exact) mass is 320 g/mol. The second-order valence-electron chi connectivity index (χ2n) is 5.49. The SMILES string of the molecule is Cc1nc2cc(Cl)ccc2c(=O)n1-c1ccc2ccccc2c1. The van der Waals surface area contributed by atoms with Crippen LogP contribution in [-0.4, -0.2) is 9.55 Å². The van der Waals surface area contributed by atoms with E-state index in [1.54, 1.807) is 22.8 Å². The topological polar surface area (TPSA) is 34.9 Å². The number of halogens is 1. The normalized spacial score (nSPS) is 11.2. The van der Waals surface area contributed by atoms with Crippen molar-refractivity contribution in [3.05, 3.63) is 81.9 Å². The molecule has 0 fully saturated rings. The van der Waals surface area contributed by atoms with E-state index in [9.17, 15) is 4.79 Å². The largest absolute Gasteiger partial charge is 0.268 e. The average molecular weight is 321 g/mol. The Kier molecular flexibility index (Phi) is 3.17. The van der Waals surface area contributed by atoms with Gasteiger partial charge in [-0.3, -0.25) is 9.36 Å². The van der Waals surface area contributed by atoms with E-state index in [4.69, 9.17) is 11.6 Å². The maximum Gasteiger partial charge on any atom is 0.265 e. The van der Waals surface area contributed by atoms with E-state index in [0.717, 1.165) is 16.5 Å². The quantitative estimate of drug-likeness (QED) is 0.517. The summed E-state index contributed by atoms with van der Waals surface area (Å²) < 4.78 is 1.64. The van der Waals surface area contributed by atoms with E-state index in [1.165, 1.54) is 0 Å². The lowest BCUT2D eigenvalue weighted by Gasteiger charge is -2.12. The van der Waals surface area contributed by atoms with E-state index >= 15 is 0 Å². The number of rotatable bonds is 1. The molecule has 0 unspecified atom stereocenters. The van der Waals surface area contributed by atoms with Crippen LogP contribution in [0.5, 0.6) is 0 Å². The van der Waals surface area contributed by atoms with Crippen molar-refractivity contribution in [3.8, 4) is 5.69 Å². The number of hydrogen-bond donors (Lipinski definition) is 0. The van der Waals surface area contributed by atoms with E-state index in [2.05, 4.69) is 11.1 Å². The van der Waals surface area contributed by atoms with Gasteiger partial charge in [-0.2, -0.15) is 0 Å². The summed E-state index contributed by atoms with van der Waals surface area (Å²) in [5.41, 5.74) is 1.35. The summed E-state index contributed by atoms with van der Waals surface area (Å²) in [5.74, 6) is 0.639. The molecule has 0 spiro atoms. The third-order valence-corrected chi connectivity index (χ3v) is 4.23. The molecule has 0 radical (unpaired) electrons. The number of aryl methyl sites for hydroxylation is 1. The summed E-state index contributed by atoms with van der Waals surface area (Å²) in [5, 5.41) is 3.37. The van der Waals surface area contributed by atoms with Crippen molar-refractivity contribution in [2.45, 2.75) is 6.92 Å². The Morgan fingerprint density at radius 2 is 1.74 bits per heavy atom. The minimum Gasteiger partial charge on any atom is -0.268 e. The molecule has 0 aliphatic carbocycles. The predicted molar refractivity (Wildman–Crippen MR) is 94.6 cm³/mol. The average Bonchev–Trinajstić information content (AvgIpc) is 2.54. The molecule has 1 aromatic heterocycles. The summed E-state index contributed by atoms with van der Waals surface area (Å²) in [7, 11) is 0. The van der Waals surface area contributed by atoms with Crippen LogP contribution in [0.1, 0.15) is 5.82 Å². The van der Waals surface area contributed by atoms with Crippen LogP contribution in [0.25, 0.3) is 27.4 Å². The number of nitrogens with zero attached hydrogens (tertiary/aromatic N) is 2. The van der Waals surface area contributed by atoms with E-state index in [0.29, 0.717) is 21.7 Å². The Bertz CT molecular complexity index is 1120. The van der Waals surface area contributed by atoms with Crippen molar-refractivity contribution < 1.29 is 0 Å². The van der Waals surface area contributed by atoms with E-state index < -0.39 is 0 Å². The number of benzene rings is 3. The Morgan fingerprint density at radius 1 is 0.957 bits per heavy atom. The van der Waals surface area contributed by atoms with Gasteiger partial charge in [0.2, 0.25) is 0 Å². The van der Waals surface area contributed by atoms with Crippen LogP contribution in [0.3, 0.4) is 0 Å². The van der Waals surface area contributed by atoms with Gasteiger partial charge in [0.25, 0.3) is 5.56 Å². The molecule has 4 rings (SSSR count). The van der Waals surface area contributed by atoms with Gasteiger partial charge in [-0.15, -0.1) is 0 Å². The van der Waals surface area contributed by atoms with Gasteiger partial charge in [0.05, 0.1) is 16.6 Å². The summed E-state index contributed by atoms with van der Waals surface area (Å²) in [4.78, 5) is 17.4. The first-order valence-corrected chi connectivity index (χ1v) is 7.69. The molecule has 0 aliphatic heterocycles. The highest BCUT2D eigenvalue weighted by Gasteiger charge is 2.10. The highest BCUT2D eigenvalue weighted by Crippen LogP contribution is 2.20. The van der Waals surface area contributed by atoms with Gasteiger partial charge in [-0.1, -0.05) is 41.9 Å². The minimum absolute atomic E-state index is 0.0838. The van der Waals surface area contributed by atoms with Crippen LogP contribution < -0.4 is 5.56 Å². The maximum absolute atomic E-state index is 12.9. The van der Waals surface area contributed by atoms with Crippen LogP contribution >= 0.6 is 11.6 Å². The first kappa shape index (κ1) is 14.0. The van der Waals surface area contributed by atoms with E-state index in [1.807, 2.05) is 43.3 Å². The molecular formula is C19H13ClN2O. The second kappa shape index (κ2) is 5.21. The zero-order valence-corrected chi connectivity index (χ0v) is 13.2. The highest BCUT2D eigenvalue weighted by molar-refractivity contribution is 6.31. The number of hydrogen-bond acceptors (Lipinski definition) is 2. The summed E-state index contributed by atoms with van der Waals surface area (Å²) >= 11 is 6.00. The molecule has 4 heteroatoms. The molecule has 3 nitrogen and oxygen atoms in total. The molecule has 0 N–H and O–H groups in total. The first-order chi connectivity index (χ1) is 11.1. The lowest BCUT2D eigenvalue weighted by atomic mass is 10.1. The molecular weight excluding hydrogens is 308 g/mol. The van der Waals surface area contributed by atoms with Crippen molar-refractivity contribution in [1.29, 1.82) is 0 Å². The molecule has 0 amide bonds. The molecule has 0 atom stereocenters. The lowest BCUT2D eigenvalue weighted by molar-refractivity contribution is 0.896. The third kappa shape index (κ3) is 2.30. The molecule has 112 valence electrons. The van der Waals surface area contributed by atoms with Gasteiger partial charge >= 0.3 is 0 Å². The molecule has 1 heterocycles. The summed E-state index contributed by atoms with van der Waals surface area (Å²) in [6, 6.07) is 19.2. The fourth-order valence-corrected chi connectivity index (χ4v) is 3.06. The number of fused-ring (bicyclic) bond motifs is 2. The lowest BCUT2D eigenvalue weighted by Crippen LogP contribution is -2.22. The summed E-state index contributed by atoms with van der Waals surface area (Å²) in [6.07, 6.45) is 0. The molecule has 0 saturated carbocycles. The summed E-state index contributed by atoms with van der Waals surface area (Å²) in [6.45, 7) is 1.83. The van der Waals surface area contributed by atoms with Crippen molar-refractivity contribution in [3.63, 3.8) is 0 Å². The van der Waals surface area contributed by atoms with Gasteiger partial charge in [-0.25, -0.2) is 4.98 Å². The van der Waals surface area contributed by atoms with Gasteiger partial charge in [0.1, 0.15) is 5.82 Å². The zero-order valence-electron chi connectivity index (χ0n) is 12.5. The zero-order chi connectivity index (χ0) is 16.0. The third-order valence-electron chi connectivity index (χ3n) is 3.99. The fraction of sp³-hybridized carbons (Fsp3) is 0.0526. The van der Waals surface area contributed by atoms with Crippen LogP contribution in [0, 0.1) is 6.92 Å². The van der Waals surface area contributed by atoms with Crippen LogP contribution in [0.2, 0.25) is 5.02 Å². The molecule has 3 aromatic carbocycles. The molecule has 0 bridgehead atoms. The number of aromatic nitrogens is 2. The van der Waals surface area contributed by atoms with Crippen LogP contribution in [-0.2, 0) is 0 Å².